The fourth-order valence-electron chi connectivity index (χ4n) is 19.5. The molecule has 0 atom stereocenters. The number of aromatic nitrogens is 28. The number of fused-ring (bicyclic) bond motifs is 10. The van der Waals surface area contributed by atoms with Crippen LogP contribution in [0.2, 0.25) is 0 Å². The predicted molar refractivity (Wildman–Crippen MR) is 544 cm³/mol. The Morgan fingerprint density at radius 2 is 0.704 bits per heavy atom. The molecule has 0 saturated carbocycles. The molecule has 23 heterocycles. The van der Waals surface area contributed by atoms with Gasteiger partial charge in [-0.15, -0.1) is 0 Å². The van der Waals surface area contributed by atoms with Gasteiger partial charge in [0.1, 0.15) is 17.1 Å². The van der Waals surface area contributed by atoms with Crippen molar-refractivity contribution in [2.75, 3.05) is 86.1 Å². The number of benzene rings is 2. The molecule has 38 nitrogen and oxygen atoms in total. The zero-order chi connectivity index (χ0) is 97.8. The molecule has 5 aliphatic rings. The first kappa shape index (κ1) is 92.3. The number of nitrogens with one attached hydrogen (secondary N) is 2. The van der Waals surface area contributed by atoms with Gasteiger partial charge in [-0.1, -0.05) is 31.2 Å². The number of rotatable bonds is 11. The maximum absolute atomic E-state index is 12.9. The fourth-order valence-corrected chi connectivity index (χ4v) is 19.5. The Bertz CT molecular complexity index is 8730. The number of nitrogens with zero attached hydrogens (tertiary/aromatic N) is 31. The molecule has 0 aliphatic carbocycles. The molecular formula is C104H107N33O5. The van der Waals surface area contributed by atoms with E-state index in [0.717, 1.165) is 241 Å². The van der Waals surface area contributed by atoms with E-state index in [1.165, 1.54) is 11.6 Å². The lowest BCUT2D eigenvalue weighted by molar-refractivity contribution is 0.220. The molecule has 3 saturated heterocycles. The van der Waals surface area contributed by atoms with Gasteiger partial charge in [0.2, 0.25) is 0 Å². The van der Waals surface area contributed by atoms with Crippen LogP contribution >= 0.6 is 0 Å². The molecule has 18 aromatic heterocycles. The number of hydrogen-bond donors (Lipinski definition) is 2. The van der Waals surface area contributed by atoms with E-state index in [1.54, 1.807) is 103 Å². The number of aryl methyl sites for hydroxylation is 8. The number of likely N-dealkylation sites (tertiary alicyclic amines) is 2. The summed E-state index contributed by atoms with van der Waals surface area (Å²) in [7, 11) is 8.05. The Hall–Kier alpha value is -16.0. The van der Waals surface area contributed by atoms with Crippen molar-refractivity contribution >= 4 is 77.7 Å². The first-order chi connectivity index (χ1) is 68.8. The third-order valence-corrected chi connectivity index (χ3v) is 27.4. The summed E-state index contributed by atoms with van der Waals surface area (Å²) in [6, 6.07) is 25.5. The maximum Gasteiger partial charge on any atom is 0.258 e. The average molecular weight is 1900 g/mol. The summed E-state index contributed by atoms with van der Waals surface area (Å²) in [5, 5.41) is 31.0. The van der Waals surface area contributed by atoms with Crippen LogP contribution in [-0.4, -0.2) is 236 Å². The Balaban J connectivity index is 0.000000105. The van der Waals surface area contributed by atoms with Gasteiger partial charge in [0.25, 0.3) is 27.8 Å². The van der Waals surface area contributed by atoms with Gasteiger partial charge in [-0.2, -0.15) is 25.5 Å². The zero-order valence-corrected chi connectivity index (χ0v) is 81.0. The minimum Gasteiger partial charge on any atom is -0.317 e. The Kier molecular flexibility index (Phi) is 25.3. The molecule has 0 spiro atoms. The lowest BCUT2D eigenvalue weighted by atomic mass is 9.94. The first-order valence-corrected chi connectivity index (χ1v) is 48.1. The highest BCUT2D eigenvalue weighted by Gasteiger charge is 2.27. The lowest BCUT2D eigenvalue weighted by Gasteiger charge is -2.30. The van der Waals surface area contributed by atoms with Gasteiger partial charge in [-0.05, 0) is 213 Å². The molecule has 718 valence electrons. The second-order valence-corrected chi connectivity index (χ2v) is 37.3. The van der Waals surface area contributed by atoms with Crippen molar-refractivity contribution in [1.82, 2.24) is 161 Å². The highest BCUT2D eigenvalue weighted by molar-refractivity contribution is 5.85. The summed E-state index contributed by atoms with van der Waals surface area (Å²) in [4.78, 5) is 131. The quantitative estimate of drug-likeness (QED) is 0.121. The van der Waals surface area contributed by atoms with Gasteiger partial charge in [-0.25, -0.2) is 38.5 Å². The monoisotopic (exact) mass is 1900 g/mol. The molecule has 38 heteroatoms. The van der Waals surface area contributed by atoms with Gasteiger partial charge < -0.3 is 25.3 Å². The van der Waals surface area contributed by atoms with Crippen LogP contribution in [-0.2, 0) is 14.1 Å². The Morgan fingerprint density at radius 1 is 0.331 bits per heavy atom. The third-order valence-electron chi connectivity index (χ3n) is 27.4. The summed E-state index contributed by atoms with van der Waals surface area (Å²) < 4.78 is 16.9. The van der Waals surface area contributed by atoms with Crippen molar-refractivity contribution < 1.29 is 0 Å². The molecule has 2 aromatic carbocycles. The smallest absolute Gasteiger partial charge is 0.258 e. The molecule has 0 amide bonds. The van der Waals surface area contributed by atoms with Crippen LogP contribution in [0.5, 0.6) is 0 Å². The van der Waals surface area contributed by atoms with Crippen molar-refractivity contribution in [2.24, 2.45) is 14.1 Å². The van der Waals surface area contributed by atoms with Crippen molar-refractivity contribution in [1.29, 1.82) is 0 Å². The van der Waals surface area contributed by atoms with E-state index in [9.17, 15) is 24.0 Å². The summed E-state index contributed by atoms with van der Waals surface area (Å²) in [6.07, 6.45) is 39.3. The molecule has 0 unspecified atom stereocenters. The van der Waals surface area contributed by atoms with E-state index in [1.807, 2.05) is 169 Å². The molecule has 20 aromatic rings. The second kappa shape index (κ2) is 39.0. The van der Waals surface area contributed by atoms with Crippen LogP contribution in [0, 0.1) is 41.5 Å². The van der Waals surface area contributed by atoms with Crippen LogP contribution in [0.1, 0.15) is 139 Å². The van der Waals surface area contributed by atoms with E-state index in [2.05, 4.69) is 149 Å². The average Bonchev–Trinajstić information content (AvgIpc) is 1.51. The van der Waals surface area contributed by atoms with Gasteiger partial charge in [0, 0.05) is 135 Å². The number of hydrogen-bond acceptors (Lipinski definition) is 28. The summed E-state index contributed by atoms with van der Waals surface area (Å²) >= 11 is 0. The van der Waals surface area contributed by atoms with Crippen LogP contribution in [0.4, 0.5) is 0 Å². The SMILES string of the molecule is CCN1CCC(c2cn3c(=O)cc(-c4cc5c(C)nc(C)cn5n4)nc3cn2)CC1.CN1CC=C(c2cn3c(=O)cc(-c4ccc5c(cnn5C)c4)nc3cn2)CC1.Cc1cn2nc(-c3cc(=O)n4cc(C5CCN(C)CC5)ncc4n3)cc2c(C)n1.Cc1cn2nc(-c3cc(=O)n4cc(C5CCNCC5)ncc4n3)cc2c(C)n1.Cn1ncc2cc(-c3cc(=O)n4cc(C5=CCNCC5)ncc4n3)ccc21. The Morgan fingerprint density at radius 3 is 1.09 bits per heavy atom. The molecule has 3 fully saturated rings. The van der Waals surface area contributed by atoms with Crippen molar-refractivity contribution in [3.63, 3.8) is 0 Å². The standard InChI is InChI=1S/C22H25N7O.C21H23N7O.C21H20N6O.C20H21N7O.C20H18N6O/c1-4-27-7-5-16(6-8-27)19-13-28-21(11-23-19)25-17(10-22(28)30)18-9-20-15(3)24-14(2)12-29(20)26-18;1-13-11-28-19(14(2)23-13)8-17(25-28)16-9-21(29)27-12-18(22-10-20(27)24-16)15-4-6-26(3)7-5-15;1-25-7-5-14(6-8-25)18-13-27-20(12-22-18)24-17(10-21(27)28)15-3-4-19-16(9-15)11-23-26(19)2;1-12-10-27-18(13(2)23-12)7-16(25-27)15-8-20(28)26-11-17(22-9-19(26)24-15)14-3-5-21-6-4-14;1-25-18-3-2-14(8-15(18)10-23-25)16-9-20(27)26-12-17(22-11-19(26)24-16)13-4-6-21-7-5-13/h9-13,16H,4-8H2,1-3H3;8-12,15H,4-7H2,1-3H3;3-5,9-13H,6-8H2,1-2H3;7-11,14,21H,3-6H2,1-2H3;2-4,8-12,21H,5-7H2,1H3. The zero-order valence-electron chi connectivity index (χ0n) is 81.0. The number of piperidine rings is 3. The van der Waals surface area contributed by atoms with Crippen LogP contribution in [0.3, 0.4) is 0 Å². The minimum absolute atomic E-state index is 0.108. The second-order valence-electron chi connectivity index (χ2n) is 37.3. The van der Waals surface area contributed by atoms with Crippen LogP contribution < -0.4 is 38.4 Å². The molecule has 25 rings (SSSR count). The molecule has 0 radical (unpaired) electrons. The van der Waals surface area contributed by atoms with Gasteiger partial charge >= 0.3 is 0 Å². The lowest BCUT2D eigenvalue weighted by Crippen LogP contribution is -2.33. The minimum atomic E-state index is -0.124. The van der Waals surface area contributed by atoms with Crippen LogP contribution in [0.15, 0.2) is 214 Å². The van der Waals surface area contributed by atoms with E-state index in [-0.39, 0.29) is 27.8 Å². The highest BCUT2D eigenvalue weighted by atomic mass is 16.1. The van der Waals surface area contributed by atoms with Gasteiger partial charge in [0.05, 0.1) is 181 Å². The predicted octanol–water partition coefficient (Wildman–Crippen LogP) is 11.1. The summed E-state index contributed by atoms with van der Waals surface area (Å²) in [6.45, 7) is 24.8. The van der Waals surface area contributed by atoms with Crippen molar-refractivity contribution in [3.05, 3.63) is 304 Å². The van der Waals surface area contributed by atoms with Crippen LogP contribution in [0.25, 0.3) is 134 Å². The maximum atomic E-state index is 12.9. The van der Waals surface area contributed by atoms with Gasteiger partial charge in [-0.3, -0.25) is 95.2 Å². The van der Waals surface area contributed by atoms with E-state index in [0.29, 0.717) is 91.5 Å². The largest absolute Gasteiger partial charge is 0.317 e. The van der Waals surface area contributed by atoms with Crippen molar-refractivity contribution in [2.45, 2.75) is 118 Å². The molecular weight excluding hydrogens is 1790 g/mol. The first-order valence-electron chi connectivity index (χ1n) is 48.1. The topological polar surface area (TPSA) is 396 Å². The summed E-state index contributed by atoms with van der Waals surface area (Å²) in [5.41, 5.74) is 25.8. The van der Waals surface area contributed by atoms with E-state index >= 15 is 0 Å². The highest BCUT2D eigenvalue weighted by Crippen LogP contribution is 2.33. The molecule has 142 heavy (non-hydrogen) atoms. The Labute approximate surface area is 812 Å². The third kappa shape index (κ3) is 19.1. The van der Waals surface area contributed by atoms with Crippen molar-refractivity contribution in [3.8, 4) is 56.7 Å². The van der Waals surface area contributed by atoms with E-state index < -0.39 is 0 Å². The molecule has 2 N–H and O–H groups in total. The molecule has 5 aliphatic heterocycles. The fraction of sp³-hybridized carbons (Fsp3) is 0.317. The summed E-state index contributed by atoms with van der Waals surface area (Å²) in [5.74, 6) is 1.16. The molecule has 0 bridgehead atoms. The van der Waals surface area contributed by atoms with E-state index in [4.69, 9.17) is 0 Å². The normalized spacial score (nSPS) is 15.5. The van der Waals surface area contributed by atoms with Gasteiger partial charge in [0.15, 0.2) is 28.2 Å². The number of likely N-dealkylation sites (N-methyl/N-ethyl adjacent to an activating group) is 1.